The molecular formula is C22H25ClN3OS+. The summed E-state index contributed by atoms with van der Waals surface area (Å²) < 4.78 is 1.23. The lowest BCUT2D eigenvalue weighted by Crippen LogP contribution is -3.14. The van der Waals surface area contributed by atoms with E-state index in [1.807, 2.05) is 30.3 Å². The second-order valence-electron chi connectivity index (χ2n) is 7.38. The maximum absolute atomic E-state index is 12.5. The average Bonchev–Trinajstić information content (AvgIpc) is 3.14. The lowest BCUT2D eigenvalue weighted by atomic mass is 10.0. The molecule has 1 amide bonds. The number of hydrogen-bond acceptors (Lipinski definition) is 3. The predicted molar refractivity (Wildman–Crippen MR) is 115 cm³/mol. The van der Waals surface area contributed by atoms with Crippen molar-refractivity contribution in [3.63, 3.8) is 0 Å². The minimum Gasteiger partial charge on any atom is -0.351 e. The number of nitrogens with one attached hydrogen (secondary N) is 2. The van der Waals surface area contributed by atoms with Gasteiger partial charge in [-0.15, -0.1) is 11.3 Å². The number of likely N-dealkylation sites (tertiary alicyclic amines) is 1. The molecule has 4 rings (SSSR count). The Bertz CT molecular complexity index is 907. The summed E-state index contributed by atoms with van der Waals surface area (Å²) in [7, 11) is 0. The number of rotatable bonds is 6. The van der Waals surface area contributed by atoms with Crippen LogP contribution in [0.2, 0.25) is 5.02 Å². The number of piperidine rings is 1. The summed E-state index contributed by atoms with van der Waals surface area (Å²) in [6.45, 7) is 2.20. The van der Waals surface area contributed by atoms with Gasteiger partial charge in [-0.1, -0.05) is 35.9 Å². The highest BCUT2D eigenvalue weighted by Gasteiger charge is 2.31. The van der Waals surface area contributed by atoms with Gasteiger partial charge in [0.05, 0.1) is 16.8 Å². The van der Waals surface area contributed by atoms with Crippen LogP contribution >= 0.6 is 22.9 Å². The van der Waals surface area contributed by atoms with E-state index in [0.717, 1.165) is 29.9 Å². The number of thiazole rings is 1. The Kier molecular flexibility index (Phi) is 6.25. The summed E-state index contributed by atoms with van der Waals surface area (Å²) in [4.78, 5) is 18.7. The Morgan fingerprint density at radius 3 is 2.82 bits per heavy atom. The van der Waals surface area contributed by atoms with Gasteiger partial charge in [0, 0.05) is 18.0 Å². The van der Waals surface area contributed by atoms with Crippen LogP contribution in [-0.2, 0) is 11.2 Å². The van der Waals surface area contributed by atoms with Crippen molar-refractivity contribution in [3.05, 3.63) is 64.1 Å². The van der Waals surface area contributed by atoms with Crippen molar-refractivity contribution >= 4 is 39.1 Å². The minimum atomic E-state index is 0.122. The van der Waals surface area contributed by atoms with Crippen LogP contribution in [0.5, 0.6) is 0 Å². The number of hydrogen-bond donors (Lipinski definition) is 2. The zero-order chi connectivity index (χ0) is 19.3. The van der Waals surface area contributed by atoms with Crippen molar-refractivity contribution < 1.29 is 9.69 Å². The molecule has 1 unspecified atom stereocenters. The van der Waals surface area contributed by atoms with Gasteiger partial charge in [-0.3, -0.25) is 4.79 Å². The number of quaternary nitrogens is 1. The van der Waals surface area contributed by atoms with E-state index >= 15 is 0 Å². The van der Waals surface area contributed by atoms with Gasteiger partial charge in [-0.05, 0) is 49.1 Å². The van der Waals surface area contributed by atoms with Crippen molar-refractivity contribution in [2.45, 2.75) is 31.7 Å². The fourth-order valence-electron chi connectivity index (χ4n) is 3.89. The second kappa shape index (κ2) is 9.03. The summed E-state index contributed by atoms with van der Waals surface area (Å²) in [5, 5.41) is 4.99. The van der Waals surface area contributed by atoms with Gasteiger partial charge in [0.2, 0.25) is 0 Å². The highest BCUT2D eigenvalue weighted by atomic mass is 35.5. The molecule has 1 aromatic heterocycles. The first-order chi connectivity index (χ1) is 13.7. The van der Waals surface area contributed by atoms with Crippen LogP contribution in [0, 0.1) is 0 Å². The molecule has 28 heavy (non-hydrogen) atoms. The summed E-state index contributed by atoms with van der Waals surface area (Å²) in [6.07, 6.45) is 4.31. The van der Waals surface area contributed by atoms with Crippen LogP contribution in [0.1, 0.15) is 35.9 Å². The third kappa shape index (κ3) is 4.72. The molecule has 1 aliphatic heterocycles. The molecule has 2 atom stereocenters. The molecule has 1 saturated heterocycles. The fourth-order valence-corrected chi connectivity index (χ4v) is 5.18. The molecule has 2 heterocycles. The monoisotopic (exact) mass is 414 g/mol. The molecule has 6 heteroatoms. The summed E-state index contributed by atoms with van der Waals surface area (Å²) in [6, 6.07) is 16.4. The van der Waals surface area contributed by atoms with Gasteiger partial charge in [0.25, 0.3) is 5.91 Å². The Balaban J connectivity index is 1.35. The Morgan fingerprint density at radius 1 is 1.18 bits per heavy atom. The van der Waals surface area contributed by atoms with E-state index in [9.17, 15) is 4.79 Å². The molecule has 4 nitrogen and oxygen atoms in total. The number of fused-ring (bicyclic) bond motifs is 1. The van der Waals surface area contributed by atoms with E-state index in [2.05, 4.69) is 23.5 Å². The number of benzene rings is 2. The standard InChI is InChI=1S/C22H24ClN3OS/c23-17-10-8-16(9-11-17)12-13-24-21(27)15-26-14-4-3-6-19(26)22-25-18-5-1-2-7-20(18)28-22/h1-2,5,7-11,19H,3-4,6,12-15H2,(H,24,27)/p+1/t19-/m1/s1. The van der Waals surface area contributed by atoms with E-state index in [4.69, 9.17) is 16.6 Å². The Labute approximate surface area is 174 Å². The zero-order valence-electron chi connectivity index (χ0n) is 15.8. The molecule has 1 aliphatic rings. The third-order valence-electron chi connectivity index (χ3n) is 5.38. The van der Waals surface area contributed by atoms with E-state index in [1.54, 1.807) is 11.3 Å². The molecule has 0 aliphatic carbocycles. The average molecular weight is 415 g/mol. The number of aromatic nitrogens is 1. The Morgan fingerprint density at radius 2 is 2.00 bits per heavy atom. The number of nitrogens with zero attached hydrogens (tertiary/aromatic N) is 1. The van der Waals surface area contributed by atoms with E-state index in [1.165, 1.54) is 33.0 Å². The van der Waals surface area contributed by atoms with Gasteiger partial charge in [0.15, 0.2) is 11.6 Å². The van der Waals surface area contributed by atoms with Crippen LogP contribution in [0.4, 0.5) is 0 Å². The number of carbonyl (C=O) groups is 1. The number of carbonyl (C=O) groups excluding carboxylic acids is 1. The van der Waals surface area contributed by atoms with Crippen molar-refractivity contribution in [3.8, 4) is 0 Å². The lowest BCUT2D eigenvalue weighted by molar-refractivity contribution is -0.929. The zero-order valence-corrected chi connectivity index (χ0v) is 17.4. The van der Waals surface area contributed by atoms with Crippen molar-refractivity contribution in [2.75, 3.05) is 19.6 Å². The summed E-state index contributed by atoms with van der Waals surface area (Å²) >= 11 is 7.69. The SMILES string of the molecule is O=C(C[NH+]1CCCC[C@@H]1c1nc2ccccc2s1)NCCc1ccc(Cl)cc1. The predicted octanol–water partition coefficient (Wildman–Crippen LogP) is 3.42. The number of halogens is 1. The first kappa shape index (κ1) is 19.4. The van der Waals surface area contributed by atoms with Gasteiger partial charge in [-0.2, -0.15) is 0 Å². The topological polar surface area (TPSA) is 46.4 Å². The van der Waals surface area contributed by atoms with Crippen LogP contribution < -0.4 is 10.2 Å². The van der Waals surface area contributed by atoms with E-state index < -0.39 is 0 Å². The molecule has 1 fully saturated rings. The second-order valence-corrected chi connectivity index (χ2v) is 8.88. The molecule has 2 N–H and O–H groups in total. The van der Waals surface area contributed by atoms with Crippen LogP contribution in [-0.4, -0.2) is 30.5 Å². The molecule has 0 spiro atoms. The van der Waals surface area contributed by atoms with Crippen molar-refractivity contribution in [1.82, 2.24) is 10.3 Å². The minimum absolute atomic E-state index is 0.122. The van der Waals surface area contributed by atoms with Gasteiger partial charge in [-0.25, -0.2) is 4.98 Å². The van der Waals surface area contributed by atoms with Gasteiger partial charge < -0.3 is 10.2 Å². The first-order valence-corrected chi connectivity index (χ1v) is 11.1. The van der Waals surface area contributed by atoms with Crippen LogP contribution in [0.25, 0.3) is 10.2 Å². The molecule has 0 bridgehead atoms. The smallest absolute Gasteiger partial charge is 0.275 e. The third-order valence-corrected chi connectivity index (χ3v) is 6.78. The van der Waals surface area contributed by atoms with Crippen LogP contribution in [0.3, 0.4) is 0 Å². The molecule has 0 saturated carbocycles. The van der Waals surface area contributed by atoms with E-state index in [0.29, 0.717) is 19.1 Å². The highest BCUT2D eigenvalue weighted by molar-refractivity contribution is 7.18. The Hall–Kier alpha value is -1.95. The van der Waals surface area contributed by atoms with Crippen molar-refractivity contribution in [1.29, 1.82) is 0 Å². The summed E-state index contributed by atoms with van der Waals surface area (Å²) in [5.74, 6) is 0.122. The first-order valence-electron chi connectivity index (χ1n) is 9.90. The molecule has 146 valence electrons. The van der Waals surface area contributed by atoms with Crippen LogP contribution in [0.15, 0.2) is 48.5 Å². The normalized spacial score (nSPS) is 19.6. The van der Waals surface area contributed by atoms with Gasteiger partial charge in [0.1, 0.15) is 6.04 Å². The molecule has 0 radical (unpaired) electrons. The largest absolute Gasteiger partial charge is 0.351 e. The summed E-state index contributed by atoms with van der Waals surface area (Å²) in [5.41, 5.74) is 2.25. The molecule has 3 aromatic rings. The van der Waals surface area contributed by atoms with Gasteiger partial charge >= 0.3 is 0 Å². The fraction of sp³-hybridized carbons (Fsp3) is 0.364. The molecular weight excluding hydrogens is 390 g/mol. The van der Waals surface area contributed by atoms with E-state index in [-0.39, 0.29) is 5.91 Å². The highest BCUT2D eigenvalue weighted by Crippen LogP contribution is 2.28. The number of para-hydroxylation sites is 1. The molecule has 2 aromatic carbocycles. The van der Waals surface area contributed by atoms with Crippen molar-refractivity contribution in [2.24, 2.45) is 0 Å². The quantitative estimate of drug-likeness (QED) is 0.649. The number of amides is 1. The maximum atomic E-state index is 12.5. The maximum Gasteiger partial charge on any atom is 0.275 e. The lowest BCUT2D eigenvalue weighted by Gasteiger charge is -2.30.